The van der Waals surface area contributed by atoms with Crippen LogP contribution in [-0.2, 0) is 38.4 Å². The molecule has 0 heterocycles. The second-order valence-electron chi connectivity index (χ2n) is 7.27. The molecule has 0 aliphatic carbocycles. The van der Waals surface area contributed by atoms with Crippen molar-refractivity contribution in [3.05, 3.63) is 0 Å². The van der Waals surface area contributed by atoms with Crippen LogP contribution in [0.5, 0.6) is 0 Å². The summed E-state index contributed by atoms with van der Waals surface area (Å²) in [7, 11) is 0. The lowest BCUT2D eigenvalue weighted by Crippen LogP contribution is -2.21. The predicted octanol–water partition coefficient (Wildman–Crippen LogP) is 1.94. The van der Waals surface area contributed by atoms with Crippen LogP contribution in [0.15, 0.2) is 0 Å². The summed E-state index contributed by atoms with van der Waals surface area (Å²) in [6.45, 7) is 1.52. The average molecular weight is 557 g/mol. The molecule has 0 atom stereocenters. The molecule has 0 unspecified atom stereocenters. The second kappa shape index (κ2) is 27.3. The number of carboxylic acid groups (broad SMARTS) is 8. The van der Waals surface area contributed by atoms with Crippen LogP contribution in [-0.4, -0.2) is 88.6 Å². The van der Waals surface area contributed by atoms with E-state index in [2.05, 4.69) is 0 Å². The highest BCUT2D eigenvalue weighted by Crippen LogP contribution is 2.01. The Hall–Kier alpha value is -4.24. The fraction of sp³-hybridized carbons (Fsp3) is 0.636. The van der Waals surface area contributed by atoms with Crippen LogP contribution in [0.3, 0.4) is 0 Å². The van der Waals surface area contributed by atoms with Crippen molar-refractivity contribution in [2.45, 2.75) is 84.0 Å². The second-order valence-corrected chi connectivity index (χ2v) is 7.27. The van der Waals surface area contributed by atoms with Crippen LogP contribution in [0.2, 0.25) is 0 Å². The minimum Gasteiger partial charge on any atom is -0.481 e. The van der Waals surface area contributed by atoms with Crippen LogP contribution < -0.4 is 0 Å². The number of carbonyl (C=O) groups is 8. The lowest BCUT2D eigenvalue weighted by atomic mass is 10.1. The van der Waals surface area contributed by atoms with E-state index in [-0.39, 0.29) is 51.4 Å². The third-order valence-corrected chi connectivity index (χ3v) is 3.85. The summed E-state index contributed by atoms with van der Waals surface area (Å²) >= 11 is 0. The van der Waals surface area contributed by atoms with Crippen molar-refractivity contribution >= 4 is 47.8 Å². The normalized spacial score (nSPS) is 9.21. The number of aliphatic carboxylic acids is 8. The summed E-state index contributed by atoms with van der Waals surface area (Å²) in [5.74, 6) is -9.17. The molecule has 0 aliphatic rings. The van der Waals surface area contributed by atoms with Crippen molar-refractivity contribution in [1.82, 2.24) is 0 Å². The Morgan fingerprint density at radius 1 is 0.395 bits per heavy atom. The third kappa shape index (κ3) is 45.3. The smallest absolute Gasteiger partial charge is 0.317 e. The third-order valence-electron chi connectivity index (χ3n) is 3.85. The van der Waals surface area contributed by atoms with Gasteiger partial charge in [0.2, 0.25) is 0 Å². The van der Waals surface area contributed by atoms with Crippen molar-refractivity contribution in [1.29, 1.82) is 0 Å². The monoisotopic (exact) mass is 556 g/mol. The lowest BCUT2D eigenvalue weighted by Gasteiger charge is -2.00. The molecule has 0 saturated heterocycles. The van der Waals surface area contributed by atoms with Gasteiger partial charge in [-0.3, -0.25) is 38.4 Å². The standard InChI is InChI=1S/2C6H10O4.2C5H8O4/c2*7-5(8)3-1-2-4-6(9)10;1-2-3(4(6)7)5(8)9;6-4(7)2-1-3-5(8)9/h2*1-4H2,(H,7,8)(H,9,10);3H,2H2,1H3,(H,6,7)(H,8,9);1-3H2,(H,6,7)(H,8,9). The Bertz CT molecular complexity index is 666. The molecule has 0 bridgehead atoms. The first kappa shape index (κ1) is 40.9. The summed E-state index contributed by atoms with van der Waals surface area (Å²) in [4.78, 5) is 79.1. The molecule has 0 aliphatic heterocycles. The summed E-state index contributed by atoms with van der Waals surface area (Å²) in [5.41, 5.74) is 0. The number of hydrogen-bond acceptors (Lipinski definition) is 8. The maximum Gasteiger partial charge on any atom is 0.317 e. The summed E-state index contributed by atoms with van der Waals surface area (Å²) in [5, 5.41) is 64.9. The number of carboxylic acids is 8. The van der Waals surface area contributed by atoms with Gasteiger partial charge in [-0.2, -0.15) is 0 Å². The molecule has 220 valence electrons. The zero-order chi connectivity index (χ0) is 30.7. The predicted molar refractivity (Wildman–Crippen MR) is 126 cm³/mol. The quantitative estimate of drug-likeness (QED) is 0.0937. The Morgan fingerprint density at radius 3 is 0.684 bits per heavy atom. The molecule has 16 nitrogen and oxygen atoms in total. The van der Waals surface area contributed by atoms with Gasteiger partial charge in [0.25, 0.3) is 0 Å². The molecule has 0 radical (unpaired) electrons. The largest absolute Gasteiger partial charge is 0.481 e. The lowest BCUT2D eigenvalue weighted by molar-refractivity contribution is -0.155. The molecule has 8 N–H and O–H groups in total. The maximum absolute atomic E-state index is 9.99. The van der Waals surface area contributed by atoms with Gasteiger partial charge in [-0.25, -0.2) is 0 Å². The average Bonchev–Trinajstić information content (AvgIpc) is 2.74. The molecule has 0 saturated carbocycles. The van der Waals surface area contributed by atoms with Gasteiger partial charge in [0.15, 0.2) is 5.92 Å². The Labute approximate surface area is 217 Å². The first-order valence-electron chi connectivity index (χ1n) is 11.2. The van der Waals surface area contributed by atoms with E-state index in [9.17, 15) is 38.4 Å². The molecular weight excluding hydrogens is 520 g/mol. The molecule has 0 fully saturated rings. The first-order chi connectivity index (χ1) is 17.5. The summed E-state index contributed by atoms with van der Waals surface area (Å²) in [6.07, 6.45) is 2.25. The molecule has 0 aromatic carbocycles. The molecule has 0 rings (SSSR count). The Kier molecular flexibility index (Phi) is 29.4. The van der Waals surface area contributed by atoms with Crippen molar-refractivity contribution in [2.75, 3.05) is 0 Å². The van der Waals surface area contributed by atoms with E-state index in [4.69, 9.17) is 40.9 Å². The highest BCUT2D eigenvalue weighted by molar-refractivity contribution is 5.92. The van der Waals surface area contributed by atoms with Crippen molar-refractivity contribution in [3.8, 4) is 0 Å². The van der Waals surface area contributed by atoms with Gasteiger partial charge in [0.05, 0.1) is 0 Å². The van der Waals surface area contributed by atoms with Gasteiger partial charge in [-0.1, -0.05) is 6.92 Å². The zero-order valence-electron chi connectivity index (χ0n) is 20.9. The minimum absolute atomic E-state index is 0.0628. The summed E-state index contributed by atoms with van der Waals surface area (Å²) < 4.78 is 0. The Morgan fingerprint density at radius 2 is 0.579 bits per heavy atom. The van der Waals surface area contributed by atoms with E-state index in [1.807, 2.05) is 0 Å². The fourth-order valence-electron chi connectivity index (χ4n) is 1.95. The van der Waals surface area contributed by atoms with E-state index in [0.29, 0.717) is 25.7 Å². The van der Waals surface area contributed by atoms with Gasteiger partial charge in [0.1, 0.15) is 0 Å². The molecular formula is C22H36O16. The van der Waals surface area contributed by atoms with E-state index >= 15 is 0 Å². The molecule has 0 aromatic heterocycles. The molecule has 0 aromatic rings. The first-order valence-corrected chi connectivity index (χ1v) is 11.2. The Balaban J connectivity index is -0.000000203. The summed E-state index contributed by atoms with van der Waals surface area (Å²) in [6, 6.07) is 0. The van der Waals surface area contributed by atoms with Crippen LogP contribution in [0, 0.1) is 5.92 Å². The zero-order valence-corrected chi connectivity index (χ0v) is 20.9. The molecule has 0 amide bonds. The van der Waals surface area contributed by atoms with Gasteiger partial charge >= 0.3 is 47.8 Å². The van der Waals surface area contributed by atoms with E-state index in [1.54, 1.807) is 0 Å². The van der Waals surface area contributed by atoms with Crippen molar-refractivity contribution in [2.24, 2.45) is 5.92 Å². The highest BCUT2D eigenvalue weighted by atomic mass is 16.4. The fourth-order valence-corrected chi connectivity index (χ4v) is 1.95. The molecule has 0 spiro atoms. The van der Waals surface area contributed by atoms with Crippen molar-refractivity contribution < 1.29 is 79.2 Å². The number of rotatable bonds is 17. The van der Waals surface area contributed by atoms with Crippen LogP contribution >= 0.6 is 0 Å². The number of unbranched alkanes of at least 4 members (excludes halogenated alkanes) is 2. The minimum atomic E-state index is -1.27. The van der Waals surface area contributed by atoms with E-state index in [1.165, 1.54) is 6.92 Å². The van der Waals surface area contributed by atoms with Crippen LogP contribution in [0.4, 0.5) is 0 Å². The highest BCUT2D eigenvalue weighted by Gasteiger charge is 2.22. The van der Waals surface area contributed by atoms with Gasteiger partial charge in [-0.05, 0) is 38.5 Å². The van der Waals surface area contributed by atoms with E-state index < -0.39 is 53.7 Å². The maximum atomic E-state index is 9.99. The molecule has 38 heavy (non-hydrogen) atoms. The van der Waals surface area contributed by atoms with Crippen LogP contribution in [0.1, 0.15) is 84.0 Å². The van der Waals surface area contributed by atoms with Gasteiger partial charge < -0.3 is 40.9 Å². The van der Waals surface area contributed by atoms with E-state index in [0.717, 1.165) is 0 Å². The van der Waals surface area contributed by atoms with Gasteiger partial charge in [0, 0.05) is 38.5 Å². The SMILES string of the molecule is CCC(C(=O)O)C(=O)O.O=C(O)CCCC(=O)O.O=C(O)CCCCC(=O)O.O=C(O)CCCCC(=O)O. The van der Waals surface area contributed by atoms with Gasteiger partial charge in [-0.15, -0.1) is 0 Å². The molecule has 16 heteroatoms. The van der Waals surface area contributed by atoms with Crippen LogP contribution in [0.25, 0.3) is 0 Å². The topological polar surface area (TPSA) is 298 Å². The number of hydrogen-bond donors (Lipinski definition) is 8. The van der Waals surface area contributed by atoms with Crippen molar-refractivity contribution in [3.63, 3.8) is 0 Å².